The molecule has 46 heavy (non-hydrogen) atoms. The molecule has 0 radical (unpaired) electrons. The van der Waals surface area contributed by atoms with Gasteiger partial charge in [0.2, 0.25) is 5.69 Å². The van der Waals surface area contributed by atoms with Crippen LogP contribution >= 0.6 is 0 Å². The summed E-state index contributed by atoms with van der Waals surface area (Å²) in [7, 11) is -8.72. The van der Waals surface area contributed by atoms with Crippen LogP contribution in [-0.4, -0.2) is 77.8 Å². The van der Waals surface area contributed by atoms with Gasteiger partial charge in [0.05, 0.1) is 21.4 Å². The molecule has 0 aromatic heterocycles. The lowest BCUT2D eigenvalue weighted by Crippen LogP contribution is -2.46. The first-order chi connectivity index (χ1) is 21.4. The summed E-state index contributed by atoms with van der Waals surface area (Å²) in [6.07, 6.45) is 6.48. The second kappa shape index (κ2) is 11.0. The Morgan fingerprint density at radius 2 is 1.78 bits per heavy atom. The molecule has 4 heterocycles. The first kappa shape index (κ1) is 32.4. The van der Waals surface area contributed by atoms with E-state index in [1.54, 1.807) is 6.07 Å². The molecule has 1 atom stereocenters. The SMILES string of the molecule is CC1(C)C2=[N+](CCC3Oc4cc5c(cc4C=C23)C(CS(=O)(=O)O)=CC(C)(C)N5CCCCCC(=O)O)c2ccc(S(=O)(=O)O)cc21. The van der Waals surface area contributed by atoms with Gasteiger partial charge in [-0.3, -0.25) is 13.9 Å². The monoisotopic (exact) mass is 671 g/mol. The average molecular weight is 672 g/mol. The number of anilines is 1. The molecule has 6 rings (SSSR count). The second-order valence-electron chi connectivity index (χ2n) is 13.6. The summed E-state index contributed by atoms with van der Waals surface area (Å²) in [6, 6.07) is 8.52. The number of rotatable bonds is 9. The number of fused-ring (bicyclic) bond motifs is 6. The van der Waals surface area contributed by atoms with Gasteiger partial charge in [-0.2, -0.15) is 21.4 Å². The van der Waals surface area contributed by atoms with Crippen LogP contribution in [0, 0.1) is 0 Å². The van der Waals surface area contributed by atoms with Gasteiger partial charge in [-0.1, -0.05) is 12.5 Å². The van der Waals surface area contributed by atoms with Crippen molar-refractivity contribution >= 4 is 54.9 Å². The molecule has 0 amide bonds. The van der Waals surface area contributed by atoms with Gasteiger partial charge in [-0.25, -0.2) is 0 Å². The summed E-state index contributed by atoms with van der Waals surface area (Å²) in [4.78, 5) is 13.0. The lowest BCUT2D eigenvalue weighted by molar-refractivity contribution is -0.444. The van der Waals surface area contributed by atoms with E-state index in [-0.39, 0.29) is 17.4 Å². The largest absolute Gasteiger partial charge is 0.485 e. The molecular formula is C33H39N2O9S2+. The Hall–Kier alpha value is -3.52. The normalized spacial score (nSPS) is 20.8. The lowest BCUT2D eigenvalue weighted by atomic mass is 9.75. The fourth-order valence-corrected chi connectivity index (χ4v) is 8.66. The topological polar surface area (TPSA) is 162 Å². The van der Waals surface area contributed by atoms with Gasteiger partial charge >= 0.3 is 5.97 Å². The Morgan fingerprint density at radius 3 is 2.46 bits per heavy atom. The minimum absolute atomic E-state index is 0.107. The van der Waals surface area contributed by atoms with Crippen molar-refractivity contribution in [2.45, 2.75) is 81.8 Å². The zero-order chi connectivity index (χ0) is 33.4. The summed E-state index contributed by atoms with van der Waals surface area (Å²) in [5.41, 5.74) is 5.09. The Bertz CT molecular complexity index is 1970. The fourth-order valence-electron chi connectivity index (χ4n) is 7.53. The standard InChI is InChI=1S/C33H38N2O9S2/c1-32(2)18-21(19-45(38,39)40)23-14-20-15-24-28(44-29(20)17-27(23)35(32)12-7-5-6-8-30(36)37)11-13-34-26-10-9-22(46(41,42)43)16-25(26)33(3,4)31(24)34/h9-10,14-18,28H,5-8,11-13,19H2,1-4H3,(H2-,36,37,38,39,40,41,42,43)/p+1. The molecule has 0 saturated carbocycles. The third-order valence-corrected chi connectivity index (χ3v) is 11.0. The molecule has 1 unspecified atom stereocenters. The molecule has 0 fully saturated rings. The van der Waals surface area contributed by atoms with E-state index in [0.717, 1.165) is 46.6 Å². The van der Waals surface area contributed by atoms with Gasteiger partial charge in [0.1, 0.15) is 17.6 Å². The number of nitrogens with zero attached hydrogens (tertiary/aromatic N) is 2. The number of carbonyl (C=O) groups is 1. The second-order valence-corrected chi connectivity index (χ2v) is 16.5. The van der Waals surface area contributed by atoms with Crippen LogP contribution < -0.4 is 9.64 Å². The number of benzene rings is 2. The number of hydrogen-bond acceptors (Lipinski definition) is 7. The number of carboxylic acids is 1. The van der Waals surface area contributed by atoms with Crippen LogP contribution in [0.3, 0.4) is 0 Å². The van der Waals surface area contributed by atoms with E-state index in [4.69, 9.17) is 9.84 Å². The van der Waals surface area contributed by atoms with Crippen LogP contribution in [0.25, 0.3) is 11.6 Å². The quantitative estimate of drug-likeness (QED) is 0.186. The van der Waals surface area contributed by atoms with Crippen molar-refractivity contribution < 1.29 is 45.2 Å². The zero-order valence-corrected chi connectivity index (χ0v) is 27.9. The number of unbranched alkanes of at least 4 members (excludes halogenated alkanes) is 2. The maximum absolute atomic E-state index is 12.1. The Balaban J connectivity index is 1.42. The van der Waals surface area contributed by atoms with Gasteiger partial charge in [-0.15, -0.1) is 0 Å². The molecule has 0 saturated heterocycles. The van der Waals surface area contributed by atoms with Crippen LogP contribution in [0.1, 0.15) is 76.5 Å². The first-order valence-electron chi connectivity index (χ1n) is 15.4. The van der Waals surface area contributed by atoms with Crippen LogP contribution in [-0.2, 0) is 30.4 Å². The molecule has 0 aliphatic carbocycles. The maximum atomic E-state index is 12.1. The molecule has 11 nitrogen and oxygen atoms in total. The van der Waals surface area contributed by atoms with E-state index >= 15 is 0 Å². The number of hydrogen-bond donors (Lipinski definition) is 3. The van der Waals surface area contributed by atoms with E-state index in [1.165, 1.54) is 12.1 Å². The van der Waals surface area contributed by atoms with E-state index in [2.05, 4.69) is 15.6 Å². The Kier molecular flexibility index (Phi) is 7.78. The summed E-state index contributed by atoms with van der Waals surface area (Å²) >= 11 is 0. The van der Waals surface area contributed by atoms with Crippen molar-refractivity contribution in [3.8, 4) is 5.75 Å². The molecule has 0 bridgehead atoms. The molecule has 13 heteroatoms. The highest BCUT2D eigenvalue weighted by Gasteiger charge is 2.52. The molecule has 246 valence electrons. The predicted molar refractivity (Wildman–Crippen MR) is 174 cm³/mol. The first-order valence-corrected chi connectivity index (χ1v) is 18.4. The fraction of sp³-hybridized carbons (Fsp3) is 0.455. The minimum Gasteiger partial charge on any atom is -0.485 e. The number of aliphatic carboxylic acids is 1. The van der Waals surface area contributed by atoms with E-state index in [0.29, 0.717) is 42.8 Å². The Morgan fingerprint density at radius 1 is 1.04 bits per heavy atom. The van der Waals surface area contributed by atoms with Crippen molar-refractivity contribution in [2.75, 3.05) is 23.7 Å². The maximum Gasteiger partial charge on any atom is 0.303 e. The van der Waals surface area contributed by atoms with E-state index in [1.807, 2.05) is 45.9 Å². The lowest BCUT2D eigenvalue weighted by Gasteiger charge is -2.44. The van der Waals surface area contributed by atoms with E-state index in [9.17, 15) is 30.7 Å². The van der Waals surface area contributed by atoms with Crippen molar-refractivity contribution in [3.05, 3.63) is 58.7 Å². The highest BCUT2D eigenvalue weighted by molar-refractivity contribution is 7.86. The minimum atomic E-state index is -4.38. The van der Waals surface area contributed by atoms with Gasteiger partial charge < -0.3 is 14.7 Å². The average Bonchev–Trinajstić information content (AvgIpc) is 3.17. The third kappa shape index (κ3) is 5.78. The molecule has 0 spiro atoms. The molecule has 4 aliphatic rings. The van der Waals surface area contributed by atoms with Crippen molar-refractivity contribution in [2.24, 2.45) is 0 Å². The molecule has 4 aliphatic heterocycles. The van der Waals surface area contributed by atoms with Crippen LogP contribution in [0.15, 0.2) is 46.9 Å². The summed E-state index contributed by atoms with van der Waals surface area (Å²) in [5, 5.41) is 9.01. The molecule has 2 aromatic rings. The van der Waals surface area contributed by atoms with Gasteiger partial charge in [0, 0.05) is 53.9 Å². The van der Waals surface area contributed by atoms with Crippen LogP contribution in [0.2, 0.25) is 0 Å². The molecular weight excluding hydrogens is 633 g/mol. The summed E-state index contributed by atoms with van der Waals surface area (Å²) < 4.78 is 76.6. The van der Waals surface area contributed by atoms with Crippen LogP contribution in [0.5, 0.6) is 5.75 Å². The highest BCUT2D eigenvalue weighted by atomic mass is 32.2. The van der Waals surface area contributed by atoms with Crippen molar-refractivity contribution in [1.29, 1.82) is 0 Å². The summed E-state index contributed by atoms with van der Waals surface area (Å²) in [5.74, 6) is -0.712. The summed E-state index contributed by atoms with van der Waals surface area (Å²) in [6.45, 7) is 9.26. The van der Waals surface area contributed by atoms with Gasteiger partial charge in [0.25, 0.3) is 20.2 Å². The molecule has 2 aromatic carbocycles. The van der Waals surface area contributed by atoms with E-state index < -0.39 is 42.9 Å². The Labute approximate surface area is 269 Å². The number of ether oxygens (including phenoxy) is 1. The van der Waals surface area contributed by atoms with Crippen molar-refractivity contribution in [3.63, 3.8) is 0 Å². The zero-order valence-electron chi connectivity index (χ0n) is 26.3. The smallest absolute Gasteiger partial charge is 0.303 e. The van der Waals surface area contributed by atoms with Crippen molar-refractivity contribution in [1.82, 2.24) is 0 Å². The van der Waals surface area contributed by atoms with Crippen LogP contribution in [0.4, 0.5) is 11.4 Å². The number of carboxylic acid groups (broad SMARTS) is 1. The third-order valence-electron chi connectivity index (χ3n) is 9.51. The van der Waals surface area contributed by atoms with Gasteiger partial charge in [0.15, 0.2) is 12.3 Å². The molecule has 3 N–H and O–H groups in total. The van der Waals surface area contributed by atoms with Gasteiger partial charge in [-0.05, 0) is 70.4 Å². The highest BCUT2D eigenvalue weighted by Crippen LogP contribution is 2.49. The predicted octanol–water partition coefficient (Wildman–Crippen LogP) is 5.07.